The van der Waals surface area contributed by atoms with Gasteiger partial charge in [-0.05, 0) is 12.0 Å². The van der Waals surface area contributed by atoms with E-state index in [0.29, 0.717) is 19.5 Å². The summed E-state index contributed by atoms with van der Waals surface area (Å²) in [7, 11) is 0. The van der Waals surface area contributed by atoms with Gasteiger partial charge in [0.05, 0.1) is 6.04 Å². The molecular weight excluding hydrogens is 254 g/mol. The van der Waals surface area contributed by atoms with Crippen LogP contribution in [0, 0.1) is 5.92 Å². The first-order valence-corrected chi connectivity index (χ1v) is 6.85. The Balaban J connectivity index is 2.24. The van der Waals surface area contributed by atoms with Crippen LogP contribution in [0.3, 0.4) is 0 Å². The number of carbonyl (C=O) groups is 2. The van der Waals surface area contributed by atoms with E-state index < -0.39 is 6.04 Å². The number of nitrogens with one attached hydrogen (secondary N) is 2. The van der Waals surface area contributed by atoms with Crippen LogP contribution in [0.5, 0.6) is 0 Å². The Kier molecular flexibility index (Phi) is 6.73. The second-order valence-corrected chi connectivity index (χ2v) is 5.03. The summed E-state index contributed by atoms with van der Waals surface area (Å²) in [5.41, 5.74) is 6.87. The predicted molar refractivity (Wildman–Crippen MR) is 79.0 cm³/mol. The summed E-state index contributed by atoms with van der Waals surface area (Å²) in [5.74, 6) is -0.272. The normalized spacial score (nSPS) is 12.0. The third-order valence-electron chi connectivity index (χ3n) is 2.88. The van der Waals surface area contributed by atoms with Crippen molar-refractivity contribution in [3.8, 4) is 0 Å². The highest BCUT2D eigenvalue weighted by atomic mass is 16.2. The summed E-state index contributed by atoms with van der Waals surface area (Å²) in [6.07, 6.45) is 0.505. The maximum atomic E-state index is 11.8. The van der Waals surface area contributed by atoms with Crippen molar-refractivity contribution in [2.75, 3.05) is 13.1 Å². The summed E-state index contributed by atoms with van der Waals surface area (Å²) in [4.78, 5) is 23.1. The van der Waals surface area contributed by atoms with Crippen molar-refractivity contribution in [1.29, 1.82) is 0 Å². The van der Waals surface area contributed by atoms with Gasteiger partial charge in [-0.2, -0.15) is 0 Å². The lowest BCUT2D eigenvalue weighted by Crippen LogP contribution is -2.44. The molecule has 5 heteroatoms. The zero-order chi connectivity index (χ0) is 15.0. The van der Waals surface area contributed by atoms with Gasteiger partial charge in [0.2, 0.25) is 11.8 Å². The zero-order valence-corrected chi connectivity index (χ0v) is 12.1. The molecule has 0 radical (unpaired) electrons. The van der Waals surface area contributed by atoms with Gasteiger partial charge in [-0.3, -0.25) is 9.59 Å². The van der Waals surface area contributed by atoms with E-state index in [-0.39, 0.29) is 17.7 Å². The molecule has 0 aromatic heterocycles. The first kappa shape index (κ1) is 16.2. The van der Waals surface area contributed by atoms with Gasteiger partial charge >= 0.3 is 0 Å². The van der Waals surface area contributed by atoms with E-state index in [1.54, 1.807) is 0 Å². The highest BCUT2D eigenvalue weighted by molar-refractivity contribution is 5.82. The van der Waals surface area contributed by atoms with Crippen LogP contribution in [0.25, 0.3) is 0 Å². The lowest BCUT2D eigenvalue weighted by molar-refractivity contribution is -0.125. The van der Waals surface area contributed by atoms with Gasteiger partial charge in [0.15, 0.2) is 0 Å². The Morgan fingerprint density at radius 3 is 2.15 bits per heavy atom. The van der Waals surface area contributed by atoms with Crippen LogP contribution in [0.1, 0.15) is 19.4 Å². The first-order valence-electron chi connectivity index (χ1n) is 6.85. The second kappa shape index (κ2) is 8.32. The molecule has 1 atom stereocenters. The number of nitrogens with two attached hydrogens (primary N) is 1. The quantitative estimate of drug-likeness (QED) is 0.632. The molecule has 0 saturated carbocycles. The Labute approximate surface area is 119 Å². The maximum absolute atomic E-state index is 11.8. The molecule has 110 valence electrons. The topological polar surface area (TPSA) is 84.2 Å². The summed E-state index contributed by atoms with van der Waals surface area (Å²) in [6.45, 7) is 4.45. The molecule has 0 saturated heterocycles. The number of rotatable bonds is 7. The molecule has 5 nitrogen and oxygen atoms in total. The maximum Gasteiger partial charge on any atom is 0.237 e. The number of amides is 2. The third kappa shape index (κ3) is 5.84. The standard InChI is InChI=1S/C15H23N3O2/c1-11(2)14(19)17-8-9-18-15(20)13(16)10-12-6-4-3-5-7-12/h3-7,11,13H,8-10,16H2,1-2H3,(H,17,19)(H,18,20)/t13-/m0/s1. The molecule has 0 spiro atoms. The molecule has 0 aliphatic rings. The predicted octanol–water partition coefficient (Wildman–Crippen LogP) is 0.445. The van der Waals surface area contributed by atoms with Crippen LogP contribution < -0.4 is 16.4 Å². The van der Waals surface area contributed by atoms with E-state index in [9.17, 15) is 9.59 Å². The summed E-state index contributed by atoms with van der Waals surface area (Å²) in [6, 6.07) is 9.07. The summed E-state index contributed by atoms with van der Waals surface area (Å²) in [5, 5.41) is 5.45. The van der Waals surface area contributed by atoms with Crippen LogP contribution in [-0.2, 0) is 16.0 Å². The molecule has 1 aromatic carbocycles. The largest absolute Gasteiger partial charge is 0.354 e. The van der Waals surface area contributed by atoms with E-state index in [1.165, 1.54) is 0 Å². The van der Waals surface area contributed by atoms with E-state index >= 15 is 0 Å². The minimum absolute atomic E-state index is 0.0205. The van der Waals surface area contributed by atoms with Crippen molar-refractivity contribution in [2.45, 2.75) is 26.3 Å². The fraction of sp³-hybridized carbons (Fsp3) is 0.467. The monoisotopic (exact) mass is 277 g/mol. The molecule has 1 rings (SSSR count). The molecule has 2 amide bonds. The minimum Gasteiger partial charge on any atom is -0.354 e. The van der Waals surface area contributed by atoms with Gasteiger partial charge in [0, 0.05) is 19.0 Å². The minimum atomic E-state index is -0.571. The molecule has 0 aliphatic carbocycles. The van der Waals surface area contributed by atoms with Crippen LogP contribution in [0.2, 0.25) is 0 Å². The first-order chi connectivity index (χ1) is 9.50. The lowest BCUT2D eigenvalue weighted by atomic mass is 10.1. The lowest BCUT2D eigenvalue weighted by Gasteiger charge is -2.13. The van der Waals surface area contributed by atoms with E-state index in [2.05, 4.69) is 10.6 Å². The fourth-order valence-corrected chi connectivity index (χ4v) is 1.67. The smallest absolute Gasteiger partial charge is 0.237 e. The van der Waals surface area contributed by atoms with Gasteiger partial charge < -0.3 is 16.4 Å². The Hall–Kier alpha value is -1.88. The second-order valence-electron chi connectivity index (χ2n) is 5.03. The van der Waals surface area contributed by atoms with Crippen LogP contribution in [0.4, 0.5) is 0 Å². The SMILES string of the molecule is CC(C)C(=O)NCCNC(=O)[C@@H](N)Cc1ccccc1. The van der Waals surface area contributed by atoms with Crippen molar-refractivity contribution in [3.63, 3.8) is 0 Å². The van der Waals surface area contributed by atoms with Gasteiger partial charge in [0.25, 0.3) is 0 Å². The molecule has 20 heavy (non-hydrogen) atoms. The van der Waals surface area contributed by atoms with Crippen molar-refractivity contribution in [2.24, 2.45) is 11.7 Å². The van der Waals surface area contributed by atoms with E-state index in [4.69, 9.17) is 5.73 Å². The number of benzene rings is 1. The Morgan fingerprint density at radius 2 is 1.60 bits per heavy atom. The Bertz CT molecular complexity index is 432. The van der Waals surface area contributed by atoms with Crippen LogP contribution in [-0.4, -0.2) is 30.9 Å². The fourth-order valence-electron chi connectivity index (χ4n) is 1.67. The molecular formula is C15H23N3O2. The molecule has 0 bridgehead atoms. The van der Waals surface area contributed by atoms with Gasteiger partial charge in [0.1, 0.15) is 0 Å². The summed E-state index contributed by atoms with van der Waals surface area (Å²) < 4.78 is 0. The molecule has 0 aliphatic heterocycles. The van der Waals surface area contributed by atoms with Crippen molar-refractivity contribution >= 4 is 11.8 Å². The van der Waals surface area contributed by atoms with Crippen LogP contribution in [0.15, 0.2) is 30.3 Å². The molecule has 4 N–H and O–H groups in total. The highest BCUT2D eigenvalue weighted by Gasteiger charge is 2.13. The van der Waals surface area contributed by atoms with Crippen molar-refractivity contribution in [3.05, 3.63) is 35.9 Å². The van der Waals surface area contributed by atoms with E-state index in [0.717, 1.165) is 5.56 Å². The van der Waals surface area contributed by atoms with Crippen molar-refractivity contribution < 1.29 is 9.59 Å². The Morgan fingerprint density at radius 1 is 1.05 bits per heavy atom. The van der Waals surface area contributed by atoms with Crippen LogP contribution >= 0.6 is 0 Å². The molecule has 1 aromatic rings. The van der Waals surface area contributed by atoms with Crippen molar-refractivity contribution in [1.82, 2.24) is 10.6 Å². The average molecular weight is 277 g/mol. The number of hydrogen-bond acceptors (Lipinski definition) is 3. The van der Waals surface area contributed by atoms with Gasteiger partial charge in [-0.25, -0.2) is 0 Å². The van der Waals surface area contributed by atoms with E-state index in [1.807, 2.05) is 44.2 Å². The molecule has 0 heterocycles. The summed E-state index contributed by atoms with van der Waals surface area (Å²) >= 11 is 0. The number of hydrogen-bond donors (Lipinski definition) is 3. The highest BCUT2D eigenvalue weighted by Crippen LogP contribution is 2.01. The zero-order valence-electron chi connectivity index (χ0n) is 12.1. The van der Waals surface area contributed by atoms with Gasteiger partial charge in [-0.15, -0.1) is 0 Å². The third-order valence-corrected chi connectivity index (χ3v) is 2.88. The average Bonchev–Trinajstić information content (AvgIpc) is 2.43. The molecule has 0 fully saturated rings. The van der Waals surface area contributed by atoms with Gasteiger partial charge in [-0.1, -0.05) is 44.2 Å². The number of carbonyl (C=O) groups excluding carboxylic acids is 2. The molecule has 0 unspecified atom stereocenters.